The highest BCUT2D eigenvalue weighted by Crippen LogP contribution is 2.23. The minimum Gasteiger partial charge on any atom is -0.381 e. The minimum atomic E-state index is -0.337. The van der Waals surface area contributed by atoms with Gasteiger partial charge in [-0.05, 0) is 38.5 Å². The number of hydrogen-bond donors (Lipinski definition) is 1. The molecule has 0 aromatic heterocycles. The van der Waals surface area contributed by atoms with Gasteiger partial charge in [-0.1, -0.05) is 13.8 Å². The number of carbonyl (C=O) groups excluding carboxylic acids is 2. The van der Waals surface area contributed by atoms with Crippen LogP contribution in [-0.4, -0.2) is 48.1 Å². The number of nitrogens with one attached hydrogen (secondary N) is 1. The van der Waals surface area contributed by atoms with Crippen molar-refractivity contribution in [2.75, 3.05) is 13.2 Å². The van der Waals surface area contributed by atoms with Gasteiger partial charge < -0.3 is 10.1 Å². The van der Waals surface area contributed by atoms with E-state index in [1.165, 1.54) is 4.90 Å². The Hall–Kier alpha value is -0.940. The lowest BCUT2D eigenvalue weighted by molar-refractivity contribution is -0.141. The molecule has 0 aromatic carbocycles. The van der Waals surface area contributed by atoms with Crippen molar-refractivity contribution in [3.8, 4) is 0 Å². The van der Waals surface area contributed by atoms with Crippen molar-refractivity contribution < 1.29 is 14.3 Å². The van der Waals surface area contributed by atoms with Crippen LogP contribution in [0.2, 0.25) is 0 Å². The Morgan fingerprint density at radius 2 is 1.86 bits per heavy atom. The highest BCUT2D eigenvalue weighted by atomic mass is 16.5. The first-order chi connectivity index (χ1) is 10.1. The number of imide groups is 1. The van der Waals surface area contributed by atoms with E-state index >= 15 is 0 Å². The Morgan fingerprint density at radius 1 is 1.24 bits per heavy atom. The number of amides is 2. The number of likely N-dealkylation sites (tertiary alicyclic amines) is 1. The van der Waals surface area contributed by atoms with Gasteiger partial charge in [0.1, 0.15) is 0 Å². The lowest BCUT2D eigenvalue weighted by Crippen LogP contribution is -2.48. The second kappa shape index (κ2) is 7.36. The molecule has 2 atom stereocenters. The largest absolute Gasteiger partial charge is 0.381 e. The summed E-state index contributed by atoms with van der Waals surface area (Å²) in [6, 6.07) is -0.0385. The van der Waals surface area contributed by atoms with Gasteiger partial charge in [-0.2, -0.15) is 0 Å². The summed E-state index contributed by atoms with van der Waals surface area (Å²) in [7, 11) is 0. The van der Waals surface area contributed by atoms with Crippen LogP contribution >= 0.6 is 0 Å². The van der Waals surface area contributed by atoms with Crippen LogP contribution in [0.1, 0.15) is 52.9 Å². The minimum absolute atomic E-state index is 0.0228. The number of hydrogen-bond acceptors (Lipinski definition) is 4. The van der Waals surface area contributed by atoms with Gasteiger partial charge >= 0.3 is 0 Å². The normalized spacial score (nSPS) is 25.9. The molecule has 5 nitrogen and oxygen atoms in total. The zero-order valence-corrected chi connectivity index (χ0v) is 13.4. The first-order valence-electron chi connectivity index (χ1n) is 8.28. The summed E-state index contributed by atoms with van der Waals surface area (Å²) < 4.78 is 5.38. The zero-order chi connectivity index (χ0) is 15.4. The van der Waals surface area contributed by atoms with E-state index in [2.05, 4.69) is 12.2 Å². The fourth-order valence-electron chi connectivity index (χ4n) is 3.49. The van der Waals surface area contributed by atoms with E-state index in [1.807, 2.05) is 13.8 Å². The molecular formula is C16H28N2O3. The van der Waals surface area contributed by atoms with Crippen molar-refractivity contribution in [2.45, 2.75) is 71.0 Å². The van der Waals surface area contributed by atoms with E-state index in [0.717, 1.165) is 38.9 Å². The van der Waals surface area contributed by atoms with Gasteiger partial charge in [0.25, 0.3) is 0 Å². The Kier molecular flexibility index (Phi) is 5.76. The van der Waals surface area contributed by atoms with Crippen molar-refractivity contribution in [3.63, 3.8) is 0 Å². The molecule has 1 N–H and O–H groups in total. The van der Waals surface area contributed by atoms with E-state index in [0.29, 0.717) is 12.3 Å². The molecule has 2 amide bonds. The standard InChI is InChI=1S/C16H28N2O3/c1-4-13(5-2)18-15(19)10-14(16(18)20)17-11(3)12-6-8-21-9-7-12/h11-14,17H,4-10H2,1-3H3. The lowest BCUT2D eigenvalue weighted by Gasteiger charge is -2.30. The van der Waals surface area contributed by atoms with E-state index in [4.69, 9.17) is 4.74 Å². The summed E-state index contributed by atoms with van der Waals surface area (Å²) in [6.07, 6.45) is 4.02. The van der Waals surface area contributed by atoms with Crippen molar-refractivity contribution in [2.24, 2.45) is 5.92 Å². The van der Waals surface area contributed by atoms with Crippen molar-refractivity contribution in [1.29, 1.82) is 0 Å². The topological polar surface area (TPSA) is 58.6 Å². The second-order valence-electron chi connectivity index (χ2n) is 6.23. The third-order valence-electron chi connectivity index (χ3n) is 4.93. The predicted molar refractivity (Wildman–Crippen MR) is 80.8 cm³/mol. The third kappa shape index (κ3) is 3.64. The van der Waals surface area contributed by atoms with Crippen LogP contribution in [0.15, 0.2) is 0 Å². The first-order valence-corrected chi connectivity index (χ1v) is 8.28. The molecule has 21 heavy (non-hydrogen) atoms. The Morgan fingerprint density at radius 3 is 2.43 bits per heavy atom. The van der Waals surface area contributed by atoms with Gasteiger partial charge in [-0.15, -0.1) is 0 Å². The second-order valence-corrected chi connectivity index (χ2v) is 6.23. The zero-order valence-electron chi connectivity index (χ0n) is 13.4. The van der Waals surface area contributed by atoms with Crippen molar-refractivity contribution >= 4 is 11.8 Å². The fraction of sp³-hybridized carbons (Fsp3) is 0.875. The van der Waals surface area contributed by atoms with Crippen molar-refractivity contribution in [3.05, 3.63) is 0 Å². The third-order valence-corrected chi connectivity index (χ3v) is 4.93. The number of ether oxygens (including phenoxy) is 1. The molecule has 0 saturated carbocycles. The van der Waals surface area contributed by atoms with Gasteiger partial charge in [0.05, 0.1) is 12.5 Å². The highest BCUT2D eigenvalue weighted by molar-refractivity contribution is 6.05. The molecule has 2 rings (SSSR count). The maximum absolute atomic E-state index is 12.5. The van der Waals surface area contributed by atoms with E-state index in [-0.39, 0.29) is 29.9 Å². The van der Waals surface area contributed by atoms with Gasteiger partial charge in [0.15, 0.2) is 0 Å². The Balaban J connectivity index is 1.95. The molecule has 0 spiro atoms. The van der Waals surface area contributed by atoms with Gasteiger partial charge in [-0.25, -0.2) is 0 Å². The molecule has 2 unspecified atom stereocenters. The Bertz CT molecular complexity index is 376. The summed E-state index contributed by atoms with van der Waals surface area (Å²) in [5, 5.41) is 3.39. The highest BCUT2D eigenvalue weighted by Gasteiger charge is 2.42. The quantitative estimate of drug-likeness (QED) is 0.758. The molecular weight excluding hydrogens is 268 g/mol. The molecule has 2 heterocycles. The average molecular weight is 296 g/mol. The van der Waals surface area contributed by atoms with Gasteiger partial charge in [0, 0.05) is 25.3 Å². The SMILES string of the molecule is CCC(CC)N1C(=O)CC(NC(C)C2CCOCC2)C1=O. The van der Waals surface area contributed by atoms with Crippen LogP contribution in [0.4, 0.5) is 0 Å². The summed E-state index contributed by atoms with van der Waals surface area (Å²) in [6.45, 7) is 7.77. The molecule has 0 radical (unpaired) electrons. The maximum Gasteiger partial charge on any atom is 0.247 e. The monoisotopic (exact) mass is 296 g/mol. The van der Waals surface area contributed by atoms with E-state index in [9.17, 15) is 9.59 Å². The molecule has 0 aromatic rings. The van der Waals surface area contributed by atoms with Gasteiger partial charge in [-0.3, -0.25) is 14.5 Å². The molecule has 2 fully saturated rings. The Labute approximate surface area is 127 Å². The van der Waals surface area contributed by atoms with Crippen molar-refractivity contribution in [1.82, 2.24) is 10.2 Å². The molecule has 120 valence electrons. The maximum atomic E-state index is 12.5. The molecule has 5 heteroatoms. The number of rotatable bonds is 6. The van der Waals surface area contributed by atoms with Crippen LogP contribution in [-0.2, 0) is 14.3 Å². The van der Waals surface area contributed by atoms with Crippen LogP contribution in [0.3, 0.4) is 0 Å². The summed E-state index contributed by atoms with van der Waals surface area (Å²) in [4.78, 5) is 26.2. The van der Waals surface area contributed by atoms with Crippen LogP contribution in [0, 0.1) is 5.92 Å². The van der Waals surface area contributed by atoms with E-state index in [1.54, 1.807) is 0 Å². The van der Waals surface area contributed by atoms with Crippen LogP contribution in [0.5, 0.6) is 0 Å². The summed E-state index contributed by atoms with van der Waals surface area (Å²) in [5.74, 6) is 0.474. The van der Waals surface area contributed by atoms with E-state index < -0.39 is 0 Å². The molecule has 2 aliphatic heterocycles. The summed E-state index contributed by atoms with van der Waals surface area (Å²) in [5.41, 5.74) is 0. The lowest BCUT2D eigenvalue weighted by atomic mass is 9.92. The fourth-order valence-corrected chi connectivity index (χ4v) is 3.49. The number of nitrogens with zero attached hydrogens (tertiary/aromatic N) is 1. The average Bonchev–Trinajstić information content (AvgIpc) is 2.77. The smallest absolute Gasteiger partial charge is 0.247 e. The molecule has 2 aliphatic rings. The molecule has 0 aliphatic carbocycles. The number of carbonyl (C=O) groups is 2. The van der Waals surface area contributed by atoms with Crippen LogP contribution in [0.25, 0.3) is 0 Å². The first kappa shape index (κ1) is 16.4. The van der Waals surface area contributed by atoms with Gasteiger partial charge in [0.2, 0.25) is 11.8 Å². The predicted octanol–water partition coefficient (Wildman–Crippen LogP) is 1.71. The summed E-state index contributed by atoms with van der Waals surface area (Å²) >= 11 is 0. The molecule has 2 saturated heterocycles. The van der Waals surface area contributed by atoms with Crippen LogP contribution < -0.4 is 5.32 Å². The molecule has 0 bridgehead atoms.